The predicted octanol–water partition coefficient (Wildman–Crippen LogP) is 0.116. The SMILES string of the molecule is CC(=O)N1CCC(NC(=O)c2ccc(=O)[nH]c2)CC1. The Morgan fingerprint density at radius 2 is 2.00 bits per heavy atom. The molecule has 1 saturated heterocycles. The van der Waals surface area contributed by atoms with Gasteiger partial charge in [-0.15, -0.1) is 0 Å². The lowest BCUT2D eigenvalue weighted by atomic mass is 10.0. The van der Waals surface area contributed by atoms with Crippen LogP contribution in [0.1, 0.15) is 30.1 Å². The summed E-state index contributed by atoms with van der Waals surface area (Å²) in [5.41, 5.74) is 0.208. The molecule has 0 spiro atoms. The number of piperidine rings is 1. The van der Waals surface area contributed by atoms with Gasteiger partial charge in [0.05, 0.1) is 5.56 Å². The van der Waals surface area contributed by atoms with E-state index in [2.05, 4.69) is 10.3 Å². The molecule has 102 valence electrons. The van der Waals surface area contributed by atoms with E-state index < -0.39 is 0 Å². The van der Waals surface area contributed by atoms with Crippen molar-refractivity contribution in [2.45, 2.75) is 25.8 Å². The summed E-state index contributed by atoms with van der Waals surface area (Å²) in [4.78, 5) is 38.3. The van der Waals surface area contributed by atoms with Gasteiger partial charge in [0, 0.05) is 38.3 Å². The van der Waals surface area contributed by atoms with Gasteiger partial charge >= 0.3 is 0 Å². The number of rotatable bonds is 2. The first-order valence-electron chi connectivity index (χ1n) is 6.31. The topological polar surface area (TPSA) is 82.3 Å². The molecule has 0 radical (unpaired) electrons. The van der Waals surface area contributed by atoms with Crippen LogP contribution in [0.5, 0.6) is 0 Å². The highest BCUT2D eigenvalue weighted by atomic mass is 16.2. The first-order chi connectivity index (χ1) is 9.06. The predicted molar refractivity (Wildman–Crippen MR) is 69.8 cm³/mol. The molecule has 0 saturated carbocycles. The molecular formula is C13H17N3O3. The molecule has 19 heavy (non-hydrogen) atoms. The summed E-state index contributed by atoms with van der Waals surface area (Å²) >= 11 is 0. The molecule has 0 unspecified atom stereocenters. The number of aromatic nitrogens is 1. The molecule has 6 nitrogen and oxygen atoms in total. The van der Waals surface area contributed by atoms with E-state index in [0.29, 0.717) is 18.7 Å². The summed E-state index contributed by atoms with van der Waals surface area (Å²) in [5, 5.41) is 2.92. The van der Waals surface area contributed by atoms with Crippen molar-refractivity contribution >= 4 is 11.8 Å². The van der Waals surface area contributed by atoms with E-state index in [-0.39, 0.29) is 23.4 Å². The van der Waals surface area contributed by atoms with E-state index in [1.807, 2.05) is 0 Å². The maximum Gasteiger partial charge on any atom is 0.252 e. The van der Waals surface area contributed by atoms with E-state index in [0.717, 1.165) is 12.8 Å². The normalized spacial score (nSPS) is 16.2. The van der Waals surface area contributed by atoms with Crippen molar-refractivity contribution in [2.75, 3.05) is 13.1 Å². The molecule has 2 rings (SSSR count). The highest BCUT2D eigenvalue weighted by Gasteiger charge is 2.22. The Morgan fingerprint density at radius 3 is 2.53 bits per heavy atom. The minimum Gasteiger partial charge on any atom is -0.349 e. The van der Waals surface area contributed by atoms with Crippen LogP contribution in [-0.4, -0.2) is 40.8 Å². The third-order valence-corrected chi connectivity index (χ3v) is 3.32. The second-order valence-corrected chi connectivity index (χ2v) is 4.70. The summed E-state index contributed by atoms with van der Waals surface area (Å²) in [6.45, 7) is 2.90. The third kappa shape index (κ3) is 3.43. The van der Waals surface area contributed by atoms with Crippen molar-refractivity contribution in [3.8, 4) is 0 Å². The van der Waals surface area contributed by atoms with Gasteiger partial charge in [-0.05, 0) is 18.9 Å². The lowest BCUT2D eigenvalue weighted by Crippen LogP contribution is -2.46. The van der Waals surface area contributed by atoms with Gasteiger partial charge in [-0.2, -0.15) is 0 Å². The number of aromatic amines is 1. The minimum absolute atomic E-state index is 0.0745. The molecule has 0 bridgehead atoms. The molecule has 2 N–H and O–H groups in total. The van der Waals surface area contributed by atoms with Gasteiger partial charge in [0.25, 0.3) is 5.91 Å². The average Bonchev–Trinajstić information content (AvgIpc) is 2.40. The summed E-state index contributed by atoms with van der Waals surface area (Å²) in [6.07, 6.45) is 2.92. The highest BCUT2D eigenvalue weighted by Crippen LogP contribution is 2.11. The number of hydrogen-bond acceptors (Lipinski definition) is 3. The molecule has 0 aliphatic carbocycles. The van der Waals surface area contributed by atoms with Crippen molar-refractivity contribution in [1.29, 1.82) is 0 Å². The smallest absolute Gasteiger partial charge is 0.252 e. The van der Waals surface area contributed by atoms with E-state index in [1.165, 1.54) is 18.3 Å². The Labute approximate surface area is 110 Å². The molecular weight excluding hydrogens is 246 g/mol. The summed E-state index contributed by atoms with van der Waals surface area (Å²) in [7, 11) is 0. The Bertz CT molecular complexity index is 510. The van der Waals surface area contributed by atoms with Gasteiger partial charge in [0.2, 0.25) is 11.5 Å². The molecule has 1 fully saturated rings. The van der Waals surface area contributed by atoms with Crippen LogP contribution in [0, 0.1) is 0 Å². The number of H-pyrrole nitrogens is 1. The van der Waals surface area contributed by atoms with Gasteiger partial charge in [0.1, 0.15) is 0 Å². The second-order valence-electron chi connectivity index (χ2n) is 4.70. The number of hydrogen-bond donors (Lipinski definition) is 2. The van der Waals surface area contributed by atoms with E-state index in [4.69, 9.17) is 0 Å². The first kappa shape index (κ1) is 13.3. The van der Waals surface area contributed by atoms with Crippen LogP contribution >= 0.6 is 0 Å². The number of amides is 2. The van der Waals surface area contributed by atoms with Crippen molar-refractivity contribution in [3.63, 3.8) is 0 Å². The van der Waals surface area contributed by atoms with Crippen LogP contribution in [-0.2, 0) is 4.79 Å². The lowest BCUT2D eigenvalue weighted by Gasteiger charge is -2.31. The third-order valence-electron chi connectivity index (χ3n) is 3.32. The summed E-state index contributed by atoms with van der Waals surface area (Å²) < 4.78 is 0. The lowest BCUT2D eigenvalue weighted by molar-refractivity contribution is -0.129. The second kappa shape index (κ2) is 5.69. The van der Waals surface area contributed by atoms with Gasteiger partial charge in [-0.3, -0.25) is 14.4 Å². The quantitative estimate of drug-likeness (QED) is 0.795. The number of likely N-dealkylation sites (tertiary alicyclic amines) is 1. The fraction of sp³-hybridized carbons (Fsp3) is 0.462. The first-order valence-corrected chi connectivity index (χ1v) is 6.31. The molecule has 0 atom stereocenters. The molecule has 2 amide bonds. The molecule has 1 aromatic heterocycles. The van der Waals surface area contributed by atoms with E-state index in [1.54, 1.807) is 11.8 Å². The van der Waals surface area contributed by atoms with Crippen molar-refractivity contribution in [1.82, 2.24) is 15.2 Å². The van der Waals surface area contributed by atoms with Crippen LogP contribution in [0.4, 0.5) is 0 Å². The van der Waals surface area contributed by atoms with E-state index in [9.17, 15) is 14.4 Å². The van der Waals surface area contributed by atoms with Crippen LogP contribution < -0.4 is 10.9 Å². The number of carbonyl (C=O) groups is 2. The van der Waals surface area contributed by atoms with Crippen LogP contribution in [0.25, 0.3) is 0 Å². The molecule has 0 aromatic carbocycles. The maximum absolute atomic E-state index is 11.9. The van der Waals surface area contributed by atoms with Gasteiger partial charge in [-0.25, -0.2) is 0 Å². The Morgan fingerprint density at radius 1 is 1.32 bits per heavy atom. The monoisotopic (exact) mass is 263 g/mol. The van der Waals surface area contributed by atoms with E-state index >= 15 is 0 Å². The zero-order valence-electron chi connectivity index (χ0n) is 10.8. The van der Waals surface area contributed by atoms with Gasteiger partial charge < -0.3 is 15.2 Å². The number of pyridine rings is 1. The van der Waals surface area contributed by atoms with Crippen LogP contribution in [0.15, 0.2) is 23.1 Å². The Hall–Kier alpha value is -2.11. The molecule has 2 heterocycles. The summed E-state index contributed by atoms with van der Waals surface area (Å²) in [5.74, 6) is -0.122. The number of nitrogens with zero attached hydrogens (tertiary/aromatic N) is 1. The highest BCUT2D eigenvalue weighted by molar-refractivity contribution is 5.94. The maximum atomic E-state index is 11.9. The standard InChI is InChI=1S/C13H17N3O3/c1-9(17)16-6-4-11(5-7-16)15-13(19)10-2-3-12(18)14-8-10/h2-3,8,11H,4-7H2,1H3,(H,14,18)(H,15,19). The minimum atomic E-state index is -0.230. The number of carbonyl (C=O) groups excluding carboxylic acids is 2. The summed E-state index contributed by atoms with van der Waals surface area (Å²) in [6, 6.07) is 2.90. The molecule has 6 heteroatoms. The van der Waals surface area contributed by atoms with Crippen LogP contribution in [0.2, 0.25) is 0 Å². The largest absolute Gasteiger partial charge is 0.349 e. The molecule has 1 aliphatic heterocycles. The Kier molecular flexibility index (Phi) is 3.99. The van der Waals surface area contributed by atoms with Crippen molar-refractivity contribution < 1.29 is 9.59 Å². The van der Waals surface area contributed by atoms with Crippen molar-refractivity contribution in [3.05, 3.63) is 34.2 Å². The van der Waals surface area contributed by atoms with Gasteiger partial charge in [-0.1, -0.05) is 0 Å². The van der Waals surface area contributed by atoms with Crippen LogP contribution in [0.3, 0.4) is 0 Å². The van der Waals surface area contributed by atoms with Gasteiger partial charge in [0.15, 0.2) is 0 Å². The molecule has 1 aromatic rings. The average molecular weight is 263 g/mol. The van der Waals surface area contributed by atoms with Crippen molar-refractivity contribution in [2.24, 2.45) is 0 Å². The number of nitrogens with one attached hydrogen (secondary N) is 2. The fourth-order valence-electron chi connectivity index (χ4n) is 2.16. The zero-order valence-corrected chi connectivity index (χ0v) is 10.8. The Balaban J connectivity index is 1.89. The fourth-order valence-corrected chi connectivity index (χ4v) is 2.16. The zero-order chi connectivity index (χ0) is 13.8. The molecule has 1 aliphatic rings.